The molecule has 12 heavy (non-hydrogen) atoms. The molecule has 3 N–H and O–H groups in total. The van der Waals surface area contributed by atoms with Gasteiger partial charge in [-0.25, -0.2) is 8.78 Å². The Morgan fingerprint density at radius 2 is 1.92 bits per heavy atom. The van der Waals surface area contributed by atoms with Gasteiger partial charge in [-0.1, -0.05) is 6.07 Å². The number of quaternary nitrogens is 1. The summed E-state index contributed by atoms with van der Waals surface area (Å²) in [6.45, 7) is 0. The monoisotopic (exact) mass is 170 g/mol. The van der Waals surface area contributed by atoms with E-state index in [-0.39, 0.29) is 0 Å². The van der Waals surface area contributed by atoms with Crippen molar-refractivity contribution in [3.63, 3.8) is 0 Å². The van der Waals surface area contributed by atoms with E-state index in [1.165, 1.54) is 12.1 Å². The van der Waals surface area contributed by atoms with Gasteiger partial charge in [0.1, 0.15) is 0 Å². The van der Waals surface area contributed by atoms with Gasteiger partial charge in [-0.05, 0) is 17.7 Å². The molecule has 0 amide bonds. The van der Waals surface area contributed by atoms with Crippen LogP contribution in [0.15, 0.2) is 18.2 Å². The lowest BCUT2D eigenvalue weighted by Gasteiger charge is -1.97. The molecule has 0 radical (unpaired) electrons. The molecule has 3 heteroatoms. The second kappa shape index (κ2) is 2.52. The van der Waals surface area contributed by atoms with E-state index in [0.717, 1.165) is 12.0 Å². The van der Waals surface area contributed by atoms with Crippen LogP contribution >= 0.6 is 0 Å². The Kier molecular flexibility index (Phi) is 1.61. The fraction of sp³-hybridized carbons (Fsp3) is 0.333. The summed E-state index contributed by atoms with van der Waals surface area (Å²) in [5, 5.41) is 0. The summed E-state index contributed by atoms with van der Waals surface area (Å²) in [4.78, 5) is 0. The summed E-state index contributed by atoms with van der Waals surface area (Å²) >= 11 is 0. The molecule has 1 fully saturated rings. The zero-order valence-corrected chi connectivity index (χ0v) is 6.56. The van der Waals surface area contributed by atoms with E-state index in [1.807, 2.05) is 0 Å². The van der Waals surface area contributed by atoms with Gasteiger partial charge in [0.05, 0.1) is 6.04 Å². The molecule has 1 aromatic rings. The summed E-state index contributed by atoms with van der Waals surface area (Å²) in [6.07, 6.45) is 0.991. The van der Waals surface area contributed by atoms with Gasteiger partial charge in [0.2, 0.25) is 0 Å². The molecule has 0 bridgehead atoms. The maximum Gasteiger partial charge on any atom is 0.159 e. The Morgan fingerprint density at radius 3 is 2.42 bits per heavy atom. The Morgan fingerprint density at radius 1 is 1.25 bits per heavy atom. The van der Waals surface area contributed by atoms with Crippen LogP contribution in [0.5, 0.6) is 0 Å². The molecule has 1 nitrogen and oxygen atoms in total. The van der Waals surface area contributed by atoms with E-state index in [0.29, 0.717) is 12.0 Å². The van der Waals surface area contributed by atoms with Crippen molar-refractivity contribution in [2.24, 2.45) is 0 Å². The van der Waals surface area contributed by atoms with Crippen LogP contribution in [-0.4, -0.2) is 6.04 Å². The lowest BCUT2D eigenvalue weighted by Crippen LogP contribution is -2.53. The van der Waals surface area contributed by atoms with Crippen molar-refractivity contribution in [3.05, 3.63) is 35.4 Å². The molecule has 0 aromatic heterocycles. The largest absolute Gasteiger partial charge is 0.355 e. The van der Waals surface area contributed by atoms with Crippen molar-refractivity contribution in [1.82, 2.24) is 0 Å². The first kappa shape index (κ1) is 7.68. The Hall–Kier alpha value is -0.960. The molecule has 1 saturated carbocycles. The van der Waals surface area contributed by atoms with Crippen LogP contribution in [0.2, 0.25) is 0 Å². The van der Waals surface area contributed by atoms with Crippen molar-refractivity contribution in [2.75, 3.05) is 0 Å². The molecule has 1 aromatic carbocycles. The average molecular weight is 170 g/mol. The number of benzene rings is 1. The van der Waals surface area contributed by atoms with Crippen molar-refractivity contribution in [3.8, 4) is 0 Å². The van der Waals surface area contributed by atoms with E-state index in [1.54, 1.807) is 6.07 Å². The van der Waals surface area contributed by atoms with Crippen molar-refractivity contribution in [1.29, 1.82) is 0 Å². The van der Waals surface area contributed by atoms with E-state index in [4.69, 9.17) is 0 Å². The second-order valence-electron chi connectivity index (χ2n) is 3.28. The summed E-state index contributed by atoms with van der Waals surface area (Å²) < 4.78 is 25.2. The zero-order chi connectivity index (χ0) is 8.72. The van der Waals surface area contributed by atoms with Gasteiger partial charge in [-0.2, -0.15) is 0 Å². The van der Waals surface area contributed by atoms with Crippen LogP contribution in [0.25, 0.3) is 0 Å². The predicted octanol–water partition coefficient (Wildman–Crippen LogP) is 1.06. The van der Waals surface area contributed by atoms with Gasteiger partial charge in [0.25, 0.3) is 0 Å². The molecule has 0 saturated heterocycles. The molecule has 1 aliphatic rings. The molecule has 0 aliphatic heterocycles. The first-order chi connectivity index (χ1) is 5.68. The first-order valence-corrected chi connectivity index (χ1v) is 3.96. The van der Waals surface area contributed by atoms with Gasteiger partial charge < -0.3 is 5.73 Å². The molecule has 0 heterocycles. The van der Waals surface area contributed by atoms with Crippen molar-refractivity contribution in [2.45, 2.75) is 18.4 Å². The van der Waals surface area contributed by atoms with Crippen LogP contribution in [0, 0.1) is 11.6 Å². The minimum atomic E-state index is -0.778. The fourth-order valence-electron chi connectivity index (χ4n) is 1.40. The van der Waals surface area contributed by atoms with Crippen molar-refractivity contribution < 1.29 is 14.5 Å². The van der Waals surface area contributed by atoms with E-state index in [9.17, 15) is 8.78 Å². The lowest BCUT2D eigenvalue weighted by atomic mass is 10.1. The minimum Gasteiger partial charge on any atom is -0.355 e. The fourth-order valence-corrected chi connectivity index (χ4v) is 1.40. The number of hydrogen-bond donors (Lipinski definition) is 1. The van der Waals surface area contributed by atoms with Crippen LogP contribution in [0.4, 0.5) is 8.78 Å². The highest BCUT2D eigenvalue weighted by Crippen LogP contribution is 2.37. The zero-order valence-electron chi connectivity index (χ0n) is 6.56. The Labute approximate surface area is 69.2 Å². The highest BCUT2D eigenvalue weighted by Gasteiger charge is 2.39. The highest BCUT2D eigenvalue weighted by atomic mass is 19.2. The first-order valence-electron chi connectivity index (χ1n) is 3.96. The summed E-state index contributed by atoms with van der Waals surface area (Å²) in [6, 6.07) is 4.46. The van der Waals surface area contributed by atoms with Crippen LogP contribution in [0.1, 0.15) is 17.9 Å². The normalized spacial score (nSPS) is 27.2. The molecular formula is C9H10F2N+. The summed E-state index contributed by atoms with van der Waals surface area (Å²) in [5.41, 5.74) is 4.71. The number of rotatable bonds is 1. The van der Waals surface area contributed by atoms with Gasteiger partial charge >= 0.3 is 0 Å². The second-order valence-corrected chi connectivity index (χ2v) is 3.28. The number of halogens is 2. The lowest BCUT2D eigenvalue weighted by molar-refractivity contribution is -0.386. The minimum absolute atomic E-state index is 0.347. The van der Waals surface area contributed by atoms with E-state index >= 15 is 0 Å². The SMILES string of the molecule is [NH3+][C@@H]1C[C@H]1c1ccc(F)c(F)c1. The maximum atomic E-state index is 12.7. The molecule has 0 unspecified atom stereocenters. The standard InChI is InChI=1S/C9H9F2N/c10-7-2-1-5(3-8(7)11)6-4-9(6)12/h1-3,6,9H,4,12H2/p+1/t6-,9+/m0/s1. The molecule has 64 valence electrons. The topological polar surface area (TPSA) is 27.6 Å². The molecular weight excluding hydrogens is 160 g/mol. The van der Waals surface area contributed by atoms with Crippen LogP contribution in [-0.2, 0) is 0 Å². The Balaban J connectivity index is 2.29. The van der Waals surface area contributed by atoms with E-state index in [2.05, 4.69) is 5.73 Å². The highest BCUT2D eigenvalue weighted by molar-refractivity contribution is 5.27. The molecule has 0 spiro atoms. The summed E-state index contributed by atoms with van der Waals surface area (Å²) in [7, 11) is 0. The van der Waals surface area contributed by atoms with Gasteiger partial charge in [-0.15, -0.1) is 0 Å². The molecule has 2 rings (SSSR count). The average Bonchev–Trinajstić information content (AvgIpc) is 2.73. The maximum absolute atomic E-state index is 12.7. The molecule has 2 atom stereocenters. The van der Waals surface area contributed by atoms with Gasteiger partial charge in [0, 0.05) is 12.3 Å². The van der Waals surface area contributed by atoms with E-state index < -0.39 is 11.6 Å². The Bertz CT molecular complexity index is 311. The smallest absolute Gasteiger partial charge is 0.159 e. The predicted molar refractivity (Wildman–Crippen MR) is 40.4 cm³/mol. The van der Waals surface area contributed by atoms with Crippen LogP contribution in [0.3, 0.4) is 0 Å². The van der Waals surface area contributed by atoms with Crippen LogP contribution < -0.4 is 5.73 Å². The van der Waals surface area contributed by atoms with Crippen molar-refractivity contribution >= 4 is 0 Å². The van der Waals surface area contributed by atoms with Gasteiger partial charge in [-0.3, -0.25) is 0 Å². The third kappa shape index (κ3) is 1.20. The van der Waals surface area contributed by atoms with Gasteiger partial charge in [0.15, 0.2) is 11.6 Å². The number of hydrogen-bond acceptors (Lipinski definition) is 0. The third-order valence-electron chi connectivity index (χ3n) is 2.29. The summed E-state index contributed by atoms with van der Waals surface area (Å²) in [5.74, 6) is -1.19. The third-order valence-corrected chi connectivity index (χ3v) is 2.29. The quantitative estimate of drug-likeness (QED) is 0.652. The molecule has 1 aliphatic carbocycles.